The van der Waals surface area contributed by atoms with Crippen molar-refractivity contribution in [2.75, 3.05) is 6.61 Å². The fourth-order valence-electron chi connectivity index (χ4n) is 6.83. The van der Waals surface area contributed by atoms with Gasteiger partial charge in [-0.2, -0.15) is 0 Å². The number of hydrogen-bond acceptors (Lipinski definition) is 9. The lowest BCUT2D eigenvalue weighted by molar-refractivity contribution is -0.199. The van der Waals surface area contributed by atoms with Gasteiger partial charge in [0.2, 0.25) is 0 Å². The monoisotopic (exact) mass is 889 g/mol. The molecule has 0 aromatic carbocycles. The highest BCUT2D eigenvalue weighted by Gasteiger charge is 2.37. The van der Waals surface area contributed by atoms with Crippen molar-refractivity contribution >= 4 is 17.9 Å². The van der Waals surface area contributed by atoms with E-state index in [4.69, 9.17) is 28.4 Å². The van der Waals surface area contributed by atoms with E-state index in [2.05, 4.69) is 90.8 Å². The zero-order valence-corrected chi connectivity index (χ0v) is 38.9. The minimum Gasteiger partial charge on any atom is -0.458 e. The first-order valence-electron chi connectivity index (χ1n) is 24.2. The number of epoxide rings is 3. The molecule has 0 unspecified atom stereocenters. The summed E-state index contributed by atoms with van der Waals surface area (Å²) < 4.78 is 32.9. The Balaban J connectivity index is 1.36. The molecule has 3 heterocycles. The van der Waals surface area contributed by atoms with Crippen LogP contribution in [0.5, 0.6) is 0 Å². The van der Waals surface area contributed by atoms with E-state index in [0.717, 1.165) is 57.8 Å². The zero-order valence-electron chi connectivity index (χ0n) is 38.9. The van der Waals surface area contributed by atoms with E-state index in [-0.39, 0.29) is 75.1 Å². The fraction of sp³-hybridized carbons (Fsp3) is 0.625. The maximum atomic E-state index is 12.7. The molecular formula is C56H72O9. The van der Waals surface area contributed by atoms with Crippen molar-refractivity contribution in [1.82, 2.24) is 0 Å². The number of carbonyl (C=O) groups is 3. The highest BCUT2D eigenvalue weighted by atomic mass is 16.7. The highest BCUT2D eigenvalue weighted by Crippen LogP contribution is 2.28. The molecule has 3 aliphatic rings. The Hall–Kier alpha value is -5.13. The van der Waals surface area contributed by atoms with Gasteiger partial charge in [-0.05, 0) is 93.3 Å². The molecule has 350 valence electrons. The molecule has 3 aliphatic heterocycles. The van der Waals surface area contributed by atoms with Crippen molar-refractivity contribution in [3.8, 4) is 71.0 Å². The summed E-state index contributed by atoms with van der Waals surface area (Å²) in [7, 11) is 0. The van der Waals surface area contributed by atoms with Crippen molar-refractivity contribution in [3.05, 3.63) is 38.0 Å². The van der Waals surface area contributed by atoms with Crippen LogP contribution in [0, 0.1) is 71.0 Å². The number of hydrogen-bond donors (Lipinski definition) is 0. The van der Waals surface area contributed by atoms with Gasteiger partial charge in [0, 0.05) is 19.3 Å². The average molecular weight is 889 g/mol. The minimum absolute atomic E-state index is 0.0158. The molecule has 9 heteroatoms. The lowest BCUT2D eigenvalue weighted by Crippen LogP contribution is -2.30. The van der Waals surface area contributed by atoms with E-state index in [9.17, 15) is 14.4 Å². The van der Waals surface area contributed by atoms with Crippen molar-refractivity contribution in [2.45, 2.75) is 216 Å². The maximum Gasteiger partial charge on any atom is 0.309 e. The van der Waals surface area contributed by atoms with Gasteiger partial charge < -0.3 is 28.4 Å². The summed E-state index contributed by atoms with van der Waals surface area (Å²) in [6.45, 7) is 10.8. The Bertz CT molecular complexity index is 1770. The molecule has 3 rings (SSSR count). The van der Waals surface area contributed by atoms with Gasteiger partial charge in [0.15, 0.2) is 6.61 Å². The van der Waals surface area contributed by atoms with Crippen LogP contribution in [0.4, 0.5) is 0 Å². The Morgan fingerprint density at radius 1 is 0.446 bits per heavy atom. The topological polar surface area (TPSA) is 116 Å². The number of allylic oxidation sites excluding steroid dienone is 3. The molecule has 0 radical (unpaired) electrons. The molecule has 0 aliphatic carbocycles. The molecule has 0 saturated carbocycles. The smallest absolute Gasteiger partial charge is 0.309 e. The molecule has 0 amide bonds. The number of ether oxygens (including phenoxy) is 6. The molecule has 0 spiro atoms. The summed E-state index contributed by atoms with van der Waals surface area (Å²) >= 11 is 0. The molecule has 3 saturated heterocycles. The molecule has 0 N–H and O–H groups in total. The SMILES string of the molecule is C=CCCCCCCC[C@H]1O[C@@H]1C#CC#CCCC(=O)OCC(OC(=O)CCC#CC#C[C@H]1O[C@@H]1CCCCCCCC=C)OC(=O)CCC#CC#C[C@H]1O[C@@H]1CCCCCCCC=C. The van der Waals surface area contributed by atoms with Crippen LogP contribution < -0.4 is 0 Å². The summed E-state index contributed by atoms with van der Waals surface area (Å²) in [6, 6.07) is 0. The van der Waals surface area contributed by atoms with Gasteiger partial charge in [-0.25, -0.2) is 0 Å². The Labute approximate surface area is 391 Å². The molecule has 0 bridgehead atoms. The van der Waals surface area contributed by atoms with Gasteiger partial charge in [-0.3, -0.25) is 14.4 Å². The molecular weight excluding hydrogens is 817 g/mol. The zero-order chi connectivity index (χ0) is 46.4. The van der Waals surface area contributed by atoms with Crippen LogP contribution in [0.25, 0.3) is 0 Å². The first kappa shape index (κ1) is 54.2. The van der Waals surface area contributed by atoms with Gasteiger partial charge in [-0.1, -0.05) is 131 Å². The lowest BCUT2D eigenvalue weighted by Gasteiger charge is -2.18. The lowest BCUT2D eigenvalue weighted by atomic mass is 10.1. The average Bonchev–Trinajstić information content (AvgIpc) is 4.24. The minimum atomic E-state index is -1.44. The number of carbonyl (C=O) groups excluding carboxylic acids is 3. The summed E-state index contributed by atoms with van der Waals surface area (Å²) in [5.74, 6) is 32.4. The molecule has 0 aromatic rings. The van der Waals surface area contributed by atoms with Crippen molar-refractivity contribution in [1.29, 1.82) is 0 Å². The molecule has 6 atom stereocenters. The Morgan fingerprint density at radius 2 is 0.769 bits per heavy atom. The van der Waals surface area contributed by atoms with Crippen LogP contribution in [-0.4, -0.2) is 67.4 Å². The Morgan fingerprint density at radius 3 is 1.12 bits per heavy atom. The number of unbranched alkanes of at least 4 members (excludes halogenated alkanes) is 15. The van der Waals surface area contributed by atoms with Gasteiger partial charge in [0.25, 0.3) is 6.29 Å². The van der Waals surface area contributed by atoms with Crippen molar-refractivity contribution < 1.29 is 42.8 Å². The van der Waals surface area contributed by atoms with E-state index < -0.39 is 30.8 Å². The van der Waals surface area contributed by atoms with Crippen LogP contribution in [-0.2, 0) is 42.8 Å². The predicted octanol–water partition coefficient (Wildman–Crippen LogP) is 10.4. The molecule has 0 aromatic heterocycles. The van der Waals surface area contributed by atoms with E-state index in [1.54, 1.807) is 0 Å². The van der Waals surface area contributed by atoms with E-state index >= 15 is 0 Å². The second kappa shape index (κ2) is 36.1. The van der Waals surface area contributed by atoms with Gasteiger partial charge >= 0.3 is 17.9 Å². The first-order chi connectivity index (χ1) is 31.9. The quantitative estimate of drug-likeness (QED) is 0.0155. The third-order valence-electron chi connectivity index (χ3n) is 10.8. The van der Waals surface area contributed by atoms with Gasteiger partial charge in [0.05, 0.1) is 37.6 Å². The largest absolute Gasteiger partial charge is 0.458 e. The van der Waals surface area contributed by atoms with Crippen molar-refractivity contribution in [2.24, 2.45) is 0 Å². The second-order valence-electron chi connectivity index (χ2n) is 16.5. The van der Waals surface area contributed by atoms with E-state index in [1.165, 1.54) is 77.0 Å². The number of rotatable bonds is 34. The van der Waals surface area contributed by atoms with E-state index in [0.29, 0.717) is 0 Å². The maximum absolute atomic E-state index is 12.7. The van der Waals surface area contributed by atoms with Crippen LogP contribution in [0.2, 0.25) is 0 Å². The van der Waals surface area contributed by atoms with Crippen molar-refractivity contribution in [3.63, 3.8) is 0 Å². The molecule has 65 heavy (non-hydrogen) atoms. The third-order valence-corrected chi connectivity index (χ3v) is 10.8. The van der Waals surface area contributed by atoms with Crippen LogP contribution in [0.3, 0.4) is 0 Å². The predicted molar refractivity (Wildman–Crippen MR) is 255 cm³/mol. The van der Waals surface area contributed by atoms with Crippen LogP contribution in [0.15, 0.2) is 38.0 Å². The third kappa shape index (κ3) is 29.8. The van der Waals surface area contributed by atoms with E-state index in [1.807, 2.05) is 18.2 Å². The van der Waals surface area contributed by atoms with Crippen LogP contribution >= 0.6 is 0 Å². The second-order valence-corrected chi connectivity index (χ2v) is 16.5. The summed E-state index contributed by atoms with van der Waals surface area (Å²) in [5, 5.41) is 0. The van der Waals surface area contributed by atoms with Gasteiger partial charge in [0.1, 0.15) is 18.3 Å². The highest BCUT2D eigenvalue weighted by molar-refractivity contribution is 5.72. The summed E-state index contributed by atoms with van der Waals surface area (Å²) in [6.07, 6.45) is 29.3. The summed E-state index contributed by atoms with van der Waals surface area (Å²) in [4.78, 5) is 37.9. The first-order valence-corrected chi connectivity index (χ1v) is 24.2. The molecule has 3 fully saturated rings. The Kier molecular flexibility index (Phi) is 30.1. The fourth-order valence-corrected chi connectivity index (χ4v) is 6.83. The molecule has 9 nitrogen and oxygen atoms in total. The normalized spacial score (nSPS) is 19.2. The summed E-state index contributed by atoms with van der Waals surface area (Å²) in [5.41, 5.74) is 0. The standard InChI is InChI=1S/C56H72O9/c1-4-7-10-13-16-19-28-37-47-50(61-47)40-31-22-25-34-43-53(57)60-46-56(64-54(58)44-35-26-23-32-41-51-48(62-51)38-29-20-17-14-11-8-5-2)65-55(59)45-36-27-24-33-42-52-49(63-52)39-30-21-18-15-12-9-6-3/h4-6,47-52,56H,1-3,7-21,28-30,34-39,43-46H2/t47-,48-,49-,50-,51-,52-/m1/s1. The van der Waals surface area contributed by atoms with Crippen LogP contribution in [0.1, 0.15) is 173 Å². The number of esters is 3. The van der Waals surface area contributed by atoms with Gasteiger partial charge in [-0.15, -0.1) is 19.7 Å².